The number of nitro groups is 1. The summed E-state index contributed by atoms with van der Waals surface area (Å²) in [6.07, 6.45) is 0.933. The zero-order chi connectivity index (χ0) is 14.8. The van der Waals surface area contributed by atoms with Crippen molar-refractivity contribution >= 4 is 11.6 Å². The number of carbonyl (C=O) groups is 1. The van der Waals surface area contributed by atoms with E-state index < -0.39 is 4.92 Å². The maximum Gasteiger partial charge on any atom is 0.269 e. The molecule has 2 aromatic rings. The van der Waals surface area contributed by atoms with Crippen LogP contribution < -0.4 is 5.32 Å². The molecule has 5 nitrogen and oxygen atoms in total. The molecule has 2 aromatic carbocycles. The highest BCUT2D eigenvalue weighted by molar-refractivity contribution is 5.94. The Morgan fingerprint density at radius 3 is 2.38 bits per heavy atom. The van der Waals surface area contributed by atoms with Crippen molar-refractivity contribution in [2.45, 2.75) is 18.4 Å². The summed E-state index contributed by atoms with van der Waals surface area (Å²) in [4.78, 5) is 22.2. The molecule has 0 radical (unpaired) electrons. The molecule has 1 N–H and O–H groups in total. The van der Waals surface area contributed by atoms with Crippen molar-refractivity contribution in [2.75, 3.05) is 0 Å². The number of non-ortho nitro benzene ring substituents is 1. The van der Waals surface area contributed by atoms with Crippen molar-refractivity contribution in [3.05, 3.63) is 75.8 Å². The minimum absolute atomic E-state index is 0.0138. The second kappa shape index (κ2) is 5.36. The van der Waals surface area contributed by atoms with Gasteiger partial charge in [-0.05, 0) is 24.1 Å². The molecule has 21 heavy (non-hydrogen) atoms. The van der Waals surface area contributed by atoms with Crippen LogP contribution in [-0.4, -0.2) is 16.9 Å². The van der Waals surface area contributed by atoms with Gasteiger partial charge in [0.15, 0.2) is 0 Å². The molecule has 0 aromatic heterocycles. The molecule has 0 unspecified atom stereocenters. The van der Waals surface area contributed by atoms with Crippen LogP contribution in [0.25, 0.3) is 0 Å². The molecule has 1 aliphatic rings. The normalized spacial score (nSPS) is 19.8. The van der Waals surface area contributed by atoms with Crippen LogP contribution >= 0.6 is 0 Å². The van der Waals surface area contributed by atoms with Gasteiger partial charge in [0.25, 0.3) is 11.6 Å². The van der Waals surface area contributed by atoms with E-state index in [1.165, 1.54) is 29.8 Å². The highest BCUT2D eigenvalue weighted by atomic mass is 16.6. The fourth-order valence-electron chi connectivity index (χ4n) is 2.41. The smallest absolute Gasteiger partial charge is 0.269 e. The van der Waals surface area contributed by atoms with Crippen LogP contribution in [0.2, 0.25) is 0 Å². The fraction of sp³-hybridized carbons (Fsp3) is 0.188. The van der Waals surface area contributed by atoms with Crippen LogP contribution in [0.3, 0.4) is 0 Å². The summed E-state index contributed by atoms with van der Waals surface area (Å²) in [6, 6.07) is 15.9. The molecule has 1 amide bonds. The van der Waals surface area contributed by atoms with Crippen LogP contribution in [0.1, 0.15) is 28.3 Å². The van der Waals surface area contributed by atoms with Gasteiger partial charge in [0.05, 0.1) is 4.92 Å². The van der Waals surface area contributed by atoms with Gasteiger partial charge >= 0.3 is 0 Å². The quantitative estimate of drug-likeness (QED) is 0.692. The number of carbonyl (C=O) groups excluding carboxylic acids is 1. The van der Waals surface area contributed by atoms with E-state index in [0.717, 1.165) is 6.42 Å². The van der Waals surface area contributed by atoms with Crippen molar-refractivity contribution < 1.29 is 9.72 Å². The SMILES string of the molecule is O=C(N[C@H]1C[C@@H]1c1ccccc1)c1ccc([N+](=O)[O-])cc1. The zero-order valence-corrected chi connectivity index (χ0v) is 11.2. The first-order valence-corrected chi connectivity index (χ1v) is 6.75. The van der Waals surface area contributed by atoms with Crippen molar-refractivity contribution in [3.63, 3.8) is 0 Å². The predicted octanol–water partition coefficient (Wildman–Crippen LogP) is 2.88. The number of hydrogen-bond donors (Lipinski definition) is 1. The lowest BCUT2D eigenvalue weighted by atomic mass is 10.1. The van der Waals surface area contributed by atoms with E-state index in [1.807, 2.05) is 18.2 Å². The van der Waals surface area contributed by atoms with E-state index in [4.69, 9.17) is 0 Å². The third kappa shape index (κ3) is 2.91. The number of rotatable bonds is 4. The van der Waals surface area contributed by atoms with E-state index in [1.54, 1.807) is 0 Å². The van der Waals surface area contributed by atoms with Gasteiger partial charge in [-0.15, -0.1) is 0 Å². The fourth-order valence-corrected chi connectivity index (χ4v) is 2.41. The molecule has 0 saturated heterocycles. The van der Waals surface area contributed by atoms with Crippen LogP contribution in [0.5, 0.6) is 0 Å². The zero-order valence-electron chi connectivity index (χ0n) is 11.2. The predicted molar refractivity (Wildman–Crippen MR) is 78.2 cm³/mol. The van der Waals surface area contributed by atoms with Crippen LogP contribution in [0, 0.1) is 10.1 Å². The van der Waals surface area contributed by atoms with Gasteiger partial charge in [-0.1, -0.05) is 30.3 Å². The first-order chi connectivity index (χ1) is 10.1. The first-order valence-electron chi connectivity index (χ1n) is 6.75. The van der Waals surface area contributed by atoms with Crippen molar-refractivity contribution in [1.82, 2.24) is 5.32 Å². The highest BCUT2D eigenvalue weighted by Gasteiger charge is 2.39. The second-order valence-electron chi connectivity index (χ2n) is 5.14. The molecule has 1 aliphatic carbocycles. The number of nitro benzene ring substituents is 1. The highest BCUT2D eigenvalue weighted by Crippen LogP contribution is 2.40. The summed E-state index contributed by atoms with van der Waals surface area (Å²) >= 11 is 0. The molecular weight excluding hydrogens is 268 g/mol. The van der Waals surface area contributed by atoms with E-state index >= 15 is 0 Å². The van der Waals surface area contributed by atoms with Crippen molar-refractivity contribution in [3.8, 4) is 0 Å². The summed E-state index contributed by atoms with van der Waals surface area (Å²) < 4.78 is 0. The van der Waals surface area contributed by atoms with Crippen molar-refractivity contribution in [1.29, 1.82) is 0 Å². The average molecular weight is 282 g/mol. The summed E-state index contributed by atoms with van der Waals surface area (Å²) in [5.41, 5.74) is 1.66. The minimum Gasteiger partial charge on any atom is -0.349 e. The Hall–Kier alpha value is -2.69. The van der Waals surface area contributed by atoms with Gasteiger partial charge < -0.3 is 5.32 Å². The molecule has 0 aliphatic heterocycles. The molecule has 0 spiro atoms. The molecular formula is C16H14N2O3. The first kappa shape index (κ1) is 13.3. The lowest BCUT2D eigenvalue weighted by Gasteiger charge is -2.05. The maximum absolute atomic E-state index is 12.1. The van der Waals surface area contributed by atoms with E-state index in [-0.39, 0.29) is 17.6 Å². The summed E-state index contributed by atoms with van der Waals surface area (Å²) in [5, 5.41) is 13.5. The number of hydrogen-bond acceptors (Lipinski definition) is 3. The molecule has 106 valence electrons. The van der Waals surface area contributed by atoms with Crippen molar-refractivity contribution in [2.24, 2.45) is 0 Å². The Morgan fingerprint density at radius 2 is 1.76 bits per heavy atom. The largest absolute Gasteiger partial charge is 0.349 e. The third-order valence-corrected chi connectivity index (χ3v) is 3.67. The van der Waals surface area contributed by atoms with Gasteiger partial charge in [-0.2, -0.15) is 0 Å². The lowest BCUT2D eigenvalue weighted by Crippen LogP contribution is -2.26. The molecule has 1 saturated carbocycles. The Morgan fingerprint density at radius 1 is 1.10 bits per heavy atom. The Balaban J connectivity index is 1.62. The van der Waals surface area contributed by atoms with Gasteiger partial charge in [0.1, 0.15) is 0 Å². The lowest BCUT2D eigenvalue weighted by molar-refractivity contribution is -0.384. The molecule has 0 bridgehead atoms. The van der Waals surface area contributed by atoms with E-state index in [9.17, 15) is 14.9 Å². The van der Waals surface area contributed by atoms with Gasteiger partial charge in [0.2, 0.25) is 0 Å². The Labute approximate surface area is 121 Å². The minimum atomic E-state index is -0.478. The molecule has 1 fully saturated rings. The van der Waals surface area contributed by atoms with Gasteiger partial charge in [0, 0.05) is 29.7 Å². The second-order valence-corrected chi connectivity index (χ2v) is 5.14. The van der Waals surface area contributed by atoms with E-state index in [2.05, 4.69) is 17.4 Å². The van der Waals surface area contributed by atoms with E-state index in [0.29, 0.717) is 11.5 Å². The number of nitrogens with zero attached hydrogens (tertiary/aromatic N) is 1. The molecule has 0 heterocycles. The van der Waals surface area contributed by atoms with Crippen LogP contribution in [-0.2, 0) is 0 Å². The Bertz CT molecular complexity index is 668. The number of amides is 1. The molecule has 5 heteroatoms. The molecule has 3 rings (SSSR count). The summed E-state index contributed by atoms with van der Waals surface area (Å²) in [6.45, 7) is 0. The summed E-state index contributed by atoms with van der Waals surface area (Å²) in [5.74, 6) is 0.182. The topological polar surface area (TPSA) is 72.2 Å². The maximum atomic E-state index is 12.1. The van der Waals surface area contributed by atoms with Gasteiger partial charge in [-0.3, -0.25) is 14.9 Å². The van der Waals surface area contributed by atoms with Gasteiger partial charge in [-0.25, -0.2) is 0 Å². The van der Waals surface area contributed by atoms with Crippen LogP contribution in [0.4, 0.5) is 5.69 Å². The molecule has 2 atom stereocenters. The Kier molecular flexibility index (Phi) is 3.39. The summed E-state index contributed by atoms with van der Waals surface area (Å²) in [7, 11) is 0. The van der Waals surface area contributed by atoms with Crippen LogP contribution in [0.15, 0.2) is 54.6 Å². The monoisotopic (exact) mass is 282 g/mol. The third-order valence-electron chi connectivity index (χ3n) is 3.67. The number of nitrogens with one attached hydrogen (secondary N) is 1. The number of benzene rings is 2. The average Bonchev–Trinajstić information content (AvgIpc) is 3.27. The standard InChI is InChI=1S/C16H14N2O3/c19-16(12-6-8-13(9-7-12)18(20)21)17-15-10-14(15)11-4-2-1-3-5-11/h1-9,14-15H,10H2,(H,17,19)/t14-,15+/m1/s1.